The Morgan fingerprint density at radius 1 is 0.909 bits per heavy atom. The summed E-state index contributed by atoms with van der Waals surface area (Å²) in [6.45, 7) is 3.09. The summed E-state index contributed by atoms with van der Waals surface area (Å²) in [6.07, 6.45) is 0. The van der Waals surface area contributed by atoms with Gasteiger partial charge < -0.3 is 18.9 Å². The molecule has 22 heavy (non-hydrogen) atoms. The SMILES string of the molecule is CN1CCOB(c2ccccc2Oc2ccccc2)OCC1. The number of ether oxygens (including phenoxy) is 1. The van der Waals surface area contributed by atoms with Crippen molar-refractivity contribution in [1.82, 2.24) is 4.90 Å². The van der Waals surface area contributed by atoms with E-state index in [2.05, 4.69) is 11.9 Å². The predicted octanol–water partition coefficient (Wildman–Crippen LogP) is 2.15. The molecule has 1 aliphatic rings. The molecule has 2 aromatic carbocycles. The highest BCUT2D eigenvalue weighted by Gasteiger charge is 2.27. The van der Waals surface area contributed by atoms with E-state index in [0.717, 1.165) is 30.1 Å². The van der Waals surface area contributed by atoms with Crippen LogP contribution in [-0.4, -0.2) is 45.4 Å². The van der Waals surface area contributed by atoms with Gasteiger partial charge in [-0.25, -0.2) is 0 Å². The average molecular weight is 297 g/mol. The van der Waals surface area contributed by atoms with Crippen molar-refractivity contribution in [2.75, 3.05) is 33.4 Å². The lowest BCUT2D eigenvalue weighted by atomic mass is 9.78. The van der Waals surface area contributed by atoms with Crippen LogP contribution in [0.1, 0.15) is 0 Å². The molecule has 114 valence electrons. The molecular formula is C17H20BNO3. The Kier molecular flexibility index (Phi) is 5.11. The summed E-state index contributed by atoms with van der Waals surface area (Å²) >= 11 is 0. The summed E-state index contributed by atoms with van der Waals surface area (Å²) in [5.41, 5.74) is 0.927. The molecule has 0 aromatic heterocycles. The van der Waals surface area contributed by atoms with Crippen molar-refractivity contribution in [3.63, 3.8) is 0 Å². The minimum Gasteiger partial charge on any atom is -0.458 e. The largest absolute Gasteiger partial charge is 0.497 e. The number of rotatable bonds is 3. The lowest BCUT2D eigenvalue weighted by Gasteiger charge is -2.24. The molecule has 0 atom stereocenters. The second-order valence-electron chi connectivity index (χ2n) is 5.33. The van der Waals surface area contributed by atoms with Crippen LogP contribution < -0.4 is 10.2 Å². The Balaban J connectivity index is 1.78. The van der Waals surface area contributed by atoms with Gasteiger partial charge in [0.05, 0.1) is 0 Å². The van der Waals surface area contributed by atoms with Crippen LogP contribution in [0.2, 0.25) is 0 Å². The lowest BCUT2D eigenvalue weighted by Crippen LogP contribution is -2.43. The Morgan fingerprint density at radius 2 is 1.55 bits per heavy atom. The van der Waals surface area contributed by atoms with Crippen molar-refractivity contribution in [2.45, 2.75) is 0 Å². The molecule has 0 radical (unpaired) electrons. The molecular weight excluding hydrogens is 277 g/mol. The van der Waals surface area contributed by atoms with Crippen LogP contribution in [0, 0.1) is 0 Å². The molecule has 3 rings (SSSR count). The van der Waals surface area contributed by atoms with E-state index in [4.69, 9.17) is 14.0 Å². The van der Waals surface area contributed by atoms with Crippen molar-refractivity contribution in [2.24, 2.45) is 0 Å². The fourth-order valence-corrected chi connectivity index (χ4v) is 2.35. The minimum atomic E-state index is -0.381. The summed E-state index contributed by atoms with van der Waals surface area (Å²) in [4.78, 5) is 2.20. The monoisotopic (exact) mass is 297 g/mol. The van der Waals surface area contributed by atoms with Crippen LogP contribution in [0.15, 0.2) is 54.6 Å². The van der Waals surface area contributed by atoms with Gasteiger partial charge in [-0.1, -0.05) is 36.4 Å². The Bertz CT molecular complexity index is 583. The van der Waals surface area contributed by atoms with Crippen LogP contribution in [0.4, 0.5) is 0 Å². The van der Waals surface area contributed by atoms with Gasteiger partial charge in [0.1, 0.15) is 11.5 Å². The minimum absolute atomic E-state index is 0.381. The van der Waals surface area contributed by atoms with Gasteiger partial charge in [-0.05, 0) is 25.2 Å². The first-order chi connectivity index (χ1) is 10.8. The van der Waals surface area contributed by atoms with E-state index < -0.39 is 0 Å². The summed E-state index contributed by atoms with van der Waals surface area (Å²) in [7, 11) is 1.69. The van der Waals surface area contributed by atoms with E-state index in [1.807, 2.05) is 54.6 Å². The maximum Gasteiger partial charge on any atom is 0.497 e. The average Bonchev–Trinajstić information content (AvgIpc) is 2.53. The van der Waals surface area contributed by atoms with Gasteiger partial charge in [0.25, 0.3) is 0 Å². The fourth-order valence-electron chi connectivity index (χ4n) is 2.35. The third-order valence-corrected chi connectivity index (χ3v) is 3.63. The number of benzene rings is 2. The smallest absolute Gasteiger partial charge is 0.458 e. The van der Waals surface area contributed by atoms with E-state index in [1.54, 1.807) is 0 Å². The number of para-hydroxylation sites is 2. The zero-order valence-corrected chi connectivity index (χ0v) is 12.8. The van der Waals surface area contributed by atoms with Crippen LogP contribution in [0.25, 0.3) is 0 Å². The van der Waals surface area contributed by atoms with Crippen molar-refractivity contribution in [3.05, 3.63) is 54.6 Å². The van der Waals surface area contributed by atoms with Gasteiger partial charge in [-0.2, -0.15) is 0 Å². The molecule has 0 spiro atoms. The highest BCUT2D eigenvalue weighted by Crippen LogP contribution is 2.20. The molecule has 0 N–H and O–H groups in total. The van der Waals surface area contributed by atoms with Crippen LogP contribution in [-0.2, 0) is 9.31 Å². The standard InChI is InChI=1S/C17H20BNO3/c1-19-11-13-20-18(21-14-12-19)16-9-5-6-10-17(16)22-15-7-3-2-4-8-15/h2-10H,11-14H2,1H3. The molecule has 4 nitrogen and oxygen atoms in total. The number of nitrogens with zero attached hydrogens (tertiary/aromatic N) is 1. The van der Waals surface area contributed by atoms with Crippen molar-refractivity contribution in [1.29, 1.82) is 0 Å². The number of hydrogen-bond donors (Lipinski definition) is 0. The van der Waals surface area contributed by atoms with Gasteiger partial charge in [-0.3, -0.25) is 0 Å². The summed E-state index contributed by atoms with van der Waals surface area (Å²) in [5, 5.41) is 0. The van der Waals surface area contributed by atoms with Crippen molar-refractivity contribution in [3.8, 4) is 11.5 Å². The highest BCUT2D eigenvalue weighted by atomic mass is 16.6. The van der Waals surface area contributed by atoms with E-state index in [1.165, 1.54) is 0 Å². The van der Waals surface area contributed by atoms with Gasteiger partial charge in [-0.15, -0.1) is 0 Å². The topological polar surface area (TPSA) is 30.9 Å². The zero-order chi connectivity index (χ0) is 15.2. The maximum atomic E-state index is 5.99. The van der Waals surface area contributed by atoms with E-state index >= 15 is 0 Å². The van der Waals surface area contributed by atoms with Gasteiger partial charge in [0.2, 0.25) is 0 Å². The normalized spacial score (nSPS) is 16.9. The van der Waals surface area contributed by atoms with E-state index in [-0.39, 0.29) is 7.12 Å². The maximum absolute atomic E-state index is 5.99. The van der Waals surface area contributed by atoms with Gasteiger partial charge in [0, 0.05) is 31.8 Å². The molecule has 0 saturated carbocycles. The first kappa shape index (κ1) is 15.1. The van der Waals surface area contributed by atoms with Crippen molar-refractivity contribution >= 4 is 12.6 Å². The molecule has 2 aromatic rings. The summed E-state index contributed by atoms with van der Waals surface area (Å²) < 4.78 is 17.7. The van der Waals surface area contributed by atoms with Crippen molar-refractivity contribution < 1.29 is 14.0 Å². The number of hydrogen-bond acceptors (Lipinski definition) is 4. The second kappa shape index (κ2) is 7.45. The zero-order valence-electron chi connectivity index (χ0n) is 12.8. The summed E-state index contributed by atoms with van der Waals surface area (Å²) in [6, 6.07) is 17.6. The highest BCUT2D eigenvalue weighted by molar-refractivity contribution is 6.62. The Labute approximate surface area is 131 Å². The molecule has 1 aliphatic heterocycles. The van der Waals surface area contributed by atoms with E-state index in [9.17, 15) is 0 Å². The number of likely N-dealkylation sites (N-methyl/N-ethyl adjacent to an activating group) is 1. The van der Waals surface area contributed by atoms with Gasteiger partial charge in [0.15, 0.2) is 0 Å². The molecule has 5 heteroatoms. The Hall–Kier alpha value is -1.82. The van der Waals surface area contributed by atoms with Gasteiger partial charge >= 0.3 is 7.12 Å². The van der Waals surface area contributed by atoms with E-state index in [0.29, 0.717) is 13.2 Å². The lowest BCUT2D eigenvalue weighted by molar-refractivity contribution is 0.131. The molecule has 0 amide bonds. The fraction of sp³-hybridized carbons (Fsp3) is 0.294. The molecule has 1 fully saturated rings. The first-order valence-corrected chi connectivity index (χ1v) is 7.56. The third kappa shape index (κ3) is 3.88. The Morgan fingerprint density at radius 3 is 2.27 bits per heavy atom. The quantitative estimate of drug-likeness (QED) is 0.812. The molecule has 1 saturated heterocycles. The van der Waals surface area contributed by atoms with Crippen LogP contribution in [0.3, 0.4) is 0 Å². The first-order valence-electron chi connectivity index (χ1n) is 7.56. The van der Waals surface area contributed by atoms with Crippen LogP contribution >= 0.6 is 0 Å². The molecule has 0 bridgehead atoms. The predicted molar refractivity (Wildman–Crippen MR) is 87.7 cm³/mol. The summed E-state index contributed by atoms with van der Waals surface area (Å²) in [5.74, 6) is 1.58. The third-order valence-electron chi connectivity index (χ3n) is 3.63. The molecule has 0 aliphatic carbocycles. The molecule has 1 heterocycles. The van der Waals surface area contributed by atoms with Crippen LogP contribution in [0.5, 0.6) is 11.5 Å². The second-order valence-corrected chi connectivity index (χ2v) is 5.33. The molecule has 0 unspecified atom stereocenters.